The lowest BCUT2D eigenvalue weighted by Crippen LogP contribution is -2.29. The van der Waals surface area contributed by atoms with Crippen molar-refractivity contribution in [1.29, 1.82) is 0 Å². The number of unbranched alkanes of at least 4 members (excludes halogenated alkanes) is 25. The number of rotatable bonds is 42. The van der Waals surface area contributed by atoms with Gasteiger partial charge in [-0.05, 0) is 44.9 Å². The van der Waals surface area contributed by atoms with Crippen LogP contribution in [-0.2, 0) is 32.7 Å². The molecular formula is C44H84NO8P. The van der Waals surface area contributed by atoms with E-state index in [9.17, 15) is 19.0 Å². The van der Waals surface area contributed by atoms with E-state index >= 15 is 0 Å². The summed E-state index contributed by atoms with van der Waals surface area (Å²) in [5, 5.41) is 0. The third-order valence-electron chi connectivity index (χ3n) is 9.59. The van der Waals surface area contributed by atoms with Crippen LogP contribution in [0.5, 0.6) is 0 Å². The van der Waals surface area contributed by atoms with Gasteiger partial charge in [-0.15, -0.1) is 0 Å². The molecular weight excluding hydrogens is 701 g/mol. The normalized spacial score (nSPS) is 13.5. The van der Waals surface area contributed by atoms with E-state index in [1.165, 1.54) is 128 Å². The Labute approximate surface area is 332 Å². The Balaban J connectivity index is 4.13. The maximum Gasteiger partial charge on any atom is 0.472 e. The van der Waals surface area contributed by atoms with Crippen LogP contribution in [-0.4, -0.2) is 49.3 Å². The topological polar surface area (TPSA) is 134 Å². The summed E-state index contributed by atoms with van der Waals surface area (Å²) in [6.07, 6.45) is 43.4. The Morgan fingerprint density at radius 2 is 0.963 bits per heavy atom. The molecule has 0 saturated heterocycles. The predicted molar refractivity (Wildman–Crippen MR) is 224 cm³/mol. The summed E-state index contributed by atoms with van der Waals surface area (Å²) in [6, 6.07) is 0. The number of allylic oxidation sites excluding steroid dienone is 4. The van der Waals surface area contributed by atoms with Crippen LogP contribution >= 0.6 is 7.82 Å². The van der Waals surface area contributed by atoms with E-state index in [0.717, 1.165) is 51.4 Å². The minimum atomic E-state index is -4.38. The number of hydrogen-bond donors (Lipinski definition) is 2. The molecule has 0 aromatic heterocycles. The standard InChI is InChI=1S/C44H84NO8P/c1-3-5-7-9-11-13-15-17-19-21-23-25-27-29-31-33-35-37-44(47)53-42(41-52-54(48,49)51-39-38-45)40-50-43(46)36-34-32-30-28-26-24-22-20-18-16-14-12-10-8-6-4-2/h11,13,17,19,42H,3-10,12,14-16,18,20-41,45H2,1-2H3,(H,48,49)/b13-11-,19-17-/t42-/m1/s1. The van der Waals surface area contributed by atoms with E-state index in [0.29, 0.717) is 6.42 Å². The molecule has 2 atom stereocenters. The van der Waals surface area contributed by atoms with Gasteiger partial charge in [-0.2, -0.15) is 0 Å². The van der Waals surface area contributed by atoms with E-state index in [1.807, 2.05) is 0 Å². The Bertz CT molecular complexity index is 944. The van der Waals surface area contributed by atoms with Crippen molar-refractivity contribution in [3.05, 3.63) is 24.3 Å². The highest BCUT2D eigenvalue weighted by molar-refractivity contribution is 7.47. The van der Waals surface area contributed by atoms with Crippen molar-refractivity contribution < 1.29 is 37.6 Å². The Morgan fingerprint density at radius 3 is 1.44 bits per heavy atom. The molecule has 0 aliphatic carbocycles. The molecule has 1 unspecified atom stereocenters. The maximum absolute atomic E-state index is 12.6. The largest absolute Gasteiger partial charge is 0.472 e. The molecule has 318 valence electrons. The predicted octanol–water partition coefficient (Wildman–Crippen LogP) is 12.8. The number of ether oxygens (including phenoxy) is 2. The zero-order valence-corrected chi connectivity index (χ0v) is 35.9. The van der Waals surface area contributed by atoms with Gasteiger partial charge in [0.25, 0.3) is 0 Å². The van der Waals surface area contributed by atoms with Gasteiger partial charge in [-0.1, -0.05) is 179 Å². The lowest BCUT2D eigenvalue weighted by molar-refractivity contribution is -0.161. The Kier molecular flexibility index (Phi) is 40.0. The highest BCUT2D eigenvalue weighted by Crippen LogP contribution is 2.43. The molecule has 9 nitrogen and oxygen atoms in total. The van der Waals surface area contributed by atoms with Gasteiger partial charge in [0.2, 0.25) is 0 Å². The van der Waals surface area contributed by atoms with Crippen LogP contribution in [0.4, 0.5) is 0 Å². The molecule has 54 heavy (non-hydrogen) atoms. The van der Waals surface area contributed by atoms with Crippen molar-refractivity contribution in [3.8, 4) is 0 Å². The fourth-order valence-electron chi connectivity index (χ4n) is 6.25. The van der Waals surface area contributed by atoms with Crippen molar-refractivity contribution in [2.45, 2.75) is 219 Å². The van der Waals surface area contributed by atoms with E-state index in [-0.39, 0.29) is 38.6 Å². The van der Waals surface area contributed by atoms with Gasteiger partial charge in [0, 0.05) is 19.4 Å². The molecule has 0 fully saturated rings. The van der Waals surface area contributed by atoms with Crippen molar-refractivity contribution >= 4 is 19.8 Å². The van der Waals surface area contributed by atoms with Gasteiger partial charge < -0.3 is 20.1 Å². The molecule has 0 aromatic rings. The summed E-state index contributed by atoms with van der Waals surface area (Å²) < 4.78 is 32.8. The molecule has 0 aliphatic heterocycles. The van der Waals surface area contributed by atoms with E-state index in [1.54, 1.807) is 0 Å². The van der Waals surface area contributed by atoms with Crippen LogP contribution in [0.15, 0.2) is 24.3 Å². The van der Waals surface area contributed by atoms with Gasteiger partial charge in [-0.25, -0.2) is 4.57 Å². The van der Waals surface area contributed by atoms with Gasteiger partial charge in [0.15, 0.2) is 6.10 Å². The van der Waals surface area contributed by atoms with Crippen molar-refractivity contribution in [3.63, 3.8) is 0 Å². The second kappa shape index (κ2) is 41.1. The lowest BCUT2D eigenvalue weighted by Gasteiger charge is -2.19. The fraction of sp³-hybridized carbons (Fsp3) is 0.864. The van der Waals surface area contributed by atoms with Crippen LogP contribution in [0.25, 0.3) is 0 Å². The molecule has 0 saturated carbocycles. The first kappa shape index (κ1) is 52.5. The zero-order chi connectivity index (χ0) is 39.6. The van der Waals surface area contributed by atoms with Crippen LogP contribution in [0, 0.1) is 0 Å². The van der Waals surface area contributed by atoms with E-state index in [4.69, 9.17) is 24.3 Å². The van der Waals surface area contributed by atoms with Crippen molar-refractivity contribution in [2.24, 2.45) is 5.73 Å². The molecule has 0 spiro atoms. The smallest absolute Gasteiger partial charge is 0.462 e. The maximum atomic E-state index is 12.6. The number of phosphoric acid groups is 1. The van der Waals surface area contributed by atoms with E-state index in [2.05, 4.69) is 38.2 Å². The summed E-state index contributed by atoms with van der Waals surface area (Å²) in [4.78, 5) is 34.9. The molecule has 0 aliphatic rings. The van der Waals surface area contributed by atoms with Crippen molar-refractivity contribution in [2.75, 3.05) is 26.4 Å². The third-order valence-corrected chi connectivity index (χ3v) is 10.6. The number of carbonyl (C=O) groups excluding carboxylic acids is 2. The molecule has 0 rings (SSSR count). The molecule has 0 aromatic carbocycles. The Morgan fingerprint density at radius 1 is 0.556 bits per heavy atom. The second-order valence-electron chi connectivity index (χ2n) is 14.9. The Hall–Kier alpha value is -1.51. The first-order chi connectivity index (χ1) is 26.3. The van der Waals surface area contributed by atoms with Crippen molar-refractivity contribution in [1.82, 2.24) is 0 Å². The number of carbonyl (C=O) groups is 2. The summed E-state index contributed by atoms with van der Waals surface area (Å²) in [6.45, 7) is 3.72. The van der Waals surface area contributed by atoms with Gasteiger partial charge in [-0.3, -0.25) is 18.6 Å². The first-order valence-electron chi connectivity index (χ1n) is 22.3. The number of esters is 2. The van der Waals surface area contributed by atoms with Gasteiger partial charge >= 0.3 is 19.8 Å². The number of phosphoric ester groups is 1. The minimum absolute atomic E-state index is 0.0536. The molecule has 10 heteroatoms. The number of nitrogens with two attached hydrogens (primary N) is 1. The highest BCUT2D eigenvalue weighted by Gasteiger charge is 2.26. The minimum Gasteiger partial charge on any atom is -0.462 e. The molecule has 0 heterocycles. The summed E-state index contributed by atoms with van der Waals surface area (Å²) in [7, 11) is -4.38. The zero-order valence-electron chi connectivity index (χ0n) is 35.0. The average molecular weight is 786 g/mol. The summed E-state index contributed by atoms with van der Waals surface area (Å²) >= 11 is 0. The molecule has 3 N–H and O–H groups in total. The second-order valence-corrected chi connectivity index (χ2v) is 16.4. The van der Waals surface area contributed by atoms with Crippen LogP contribution in [0.1, 0.15) is 213 Å². The first-order valence-corrected chi connectivity index (χ1v) is 23.8. The van der Waals surface area contributed by atoms with Crippen LogP contribution < -0.4 is 5.73 Å². The summed E-state index contributed by atoms with van der Waals surface area (Å²) in [5.41, 5.74) is 5.35. The SMILES string of the molecule is CCCCC/C=C\C/C=C\CCCCCCCCCC(=O)O[C@H](COC(=O)CCCCCCCCCCCCCCCCCC)COP(=O)(O)OCCN. The quantitative estimate of drug-likeness (QED) is 0.0268. The van der Waals surface area contributed by atoms with E-state index < -0.39 is 26.5 Å². The molecule has 0 bridgehead atoms. The fourth-order valence-corrected chi connectivity index (χ4v) is 7.02. The summed E-state index contributed by atoms with van der Waals surface area (Å²) in [5.74, 6) is -0.829. The monoisotopic (exact) mass is 786 g/mol. The lowest BCUT2D eigenvalue weighted by atomic mass is 10.0. The average Bonchev–Trinajstić information content (AvgIpc) is 3.16. The van der Waals surface area contributed by atoms with Gasteiger partial charge in [0.05, 0.1) is 13.2 Å². The van der Waals surface area contributed by atoms with Crippen LogP contribution in [0.2, 0.25) is 0 Å². The highest BCUT2D eigenvalue weighted by atomic mass is 31.2. The molecule has 0 amide bonds. The van der Waals surface area contributed by atoms with Crippen LogP contribution in [0.3, 0.4) is 0 Å². The van der Waals surface area contributed by atoms with Gasteiger partial charge in [0.1, 0.15) is 6.61 Å². The molecule has 0 radical (unpaired) electrons. The third kappa shape index (κ3) is 40.2. The number of hydrogen-bond acceptors (Lipinski definition) is 8.